The van der Waals surface area contributed by atoms with Gasteiger partial charge in [-0.25, -0.2) is 12.7 Å². The van der Waals surface area contributed by atoms with Crippen molar-refractivity contribution < 1.29 is 17.9 Å². The summed E-state index contributed by atoms with van der Waals surface area (Å²) in [5, 5.41) is 14.5. The van der Waals surface area contributed by atoms with Gasteiger partial charge in [0, 0.05) is 32.9 Å². The summed E-state index contributed by atoms with van der Waals surface area (Å²) in [6.07, 6.45) is 2.34. The van der Waals surface area contributed by atoms with E-state index >= 15 is 0 Å². The molecule has 2 heterocycles. The zero-order chi connectivity index (χ0) is 21.7. The number of nitrogens with one attached hydrogen (secondary N) is 2. The average molecular weight is 472 g/mol. The van der Waals surface area contributed by atoms with Crippen molar-refractivity contribution in [2.24, 2.45) is 0 Å². The zero-order valence-corrected chi connectivity index (χ0v) is 19.4. The van der Waals surface area contributed by atoms with Crippen LogP contribution in [0, 0.1) is 0 Å². The summed E-state index contributed by atoms with van der Waals surface area (Å²) in [6.45, 7) is 3.27. The van der Waals surface area contributed by atoms with Crippen LogP contribution in [0.5, 0.6) is 0 Å². The van der Waals surface area contributed by atoms with Crippen LogP contribution < -0.4 is 10.6 Å². The zero-order valence-electron chi connectivity index (χ0n) is 17.0. The smallest absolute Gasteiger partial charge is 0.242 e. The van der Waals surface area contributed by atoms with Gasteiger partial charge in [0.1, 0.15) is 0 Å². The van der Waals surface area contributed by atoms with Gasteiger partial charge in [-0.1, -0.05) is 29.2 Å². The highest BCUT2D eigenvalue weighted by atomic mass is 32.2. The van der Waals surface area contributed by atoms with E-state index in [2.05, 4.69) is 20.8 Å². The lowest BCUT2D eigenvalue weighted by Gasteiger charge is -2.14. The first-order chi connectivity index (χ1) is 14.3. The Bertz CT molecular complexity index is 974. The van der Waals surface area contributed by atoms with Gasteiger partial charge in [-0.2, -0.15) is 0 Å². The number of nitrogens with zero attached hydrogens (tertiary/aromatic N) is 3. The highest BCUT2D eigenvalue weighted by molar-refractivity contribution is 8.02. The van der Waals surface area contributed by atoms with Gasteiger partial charge in [0.15, 0.2) is 4.34 Å². The molecule has 3 rings (SSSR count). The van der Waals surface area contributed by atoms with E-state index in [0.717, 1.165) is 23.8 Å². The second-order valence-electron chi connectivity index (χ2n) is 6.95. The molecule has 30 heavy (non-hydrogen) atoms. The third-order valence-corrected chi connectivity index (χ3v) is 8.31. The third-order valence-electron chi connectivity index (χ3n) is 4.44. The number of carbonyl (C=O) groups excluding carboxylic acids is 1. The van der Waals surface area contributed by atoms with E-state index in [1.807, 2.05) is 0 Å². The number of aromatic nitrogens is 2. The second kappa shape index (κ2) is 10.1. The molecule has 1 aromatic carbocycles. The molecule has 0 bridgehead atoms. The SMILES string of the molecule is C[C@H](Sc1nnc(NC[C@@H]2CCCO2)s1)C(=O)Nc1cccc(S(=O)(=O)N(C)C)c1. The van der Waals surface area contributed by atoms with Crippen LogP contribution in [0.25, 0.3) is 0 Å². The summed E-state index contributed by atoms with van der Waals surface area (Å²) < 4.78 is 31.9. The number of amides is 1. The summed E-state index contributed by atoms with van der Waals surface area (Å²) in [5.74, 6) is -0.247. The maximum Gasteiger partial charge on any atom is 0.242 e. The molecule has 1 amide bonds. The van der Waals surface area contributed by atoms with Gasteiger partial charge in [-0.05, 0) is 38.0 Å². The van der Waals surface area contributed by atoms with Crippen LogP contribution in [0.2, 0.25) is 0 Å². The molecular formula is C18H25N5O4S3. The van der Waals surface area contributed by atoms with Gasteiger partial charge >= 0.3 is 0 Å². The van der Waals surface area contributed by atoms with Crippen LogP contribution in [0.1, 0.15) is 19.8 Å². The highest BCUT2D eigenvalue weighted by Gasteiger charge is 2.21. The van der Waals surface area contributed by atoms with E-state index in [-0.39, 0.29) is 16.9 Å². The fourth-order valence-electron chi connectivity index (χ4n) is 2.73. The van der Waals surface area contributed by atoms with Crippen LogP contribution in [0.4, 0.5) is 10.8 Å². The monoisotopic (exact) mass is 471 g/mol. The van der Waals surface area contributed by atoms with E-state index < -0.39 is 15.3 Å². The summed E-state index contributed by atoms with van der Waals surface area (Å²) in [7, 11) is -0.642. The number of sulfonamides is 1. The Morgan fingerprint density at radius 1 is 1.40 bits per heavy atom. The van der Waals surface area contributed by atoms with Gasteiger partial charge in [0.25, 0.3) is 0 Å². The predicted octanol–water partition coefficient (Wildman–Crippen LogP) is 2.50. The van der Waals surface area contributed by atoms with Gasteiger partial charge in [0.05, 0.1) is 16.2 Å². The van der Waals surface area contributed by atoms with Crippen molar-refractivity contribution in [1.29, 1.82) is 0 Å². The Kier molecular flexibility index (Phi) is 7.69. The second-order valence-corrected chi connectivity index (χ2v) is 11.7. The summed E-state index contributed by atoms with van der Waals surface area (Å²) in [6, 6.07) is 6.20. The van der Waals surface area contributed by atoms with Crippen molar-refractivity contribution in [3.63, 3.8) is 0 Å². The molecule has 0 saturated carbocycles. The molecule has 0 radical (unpaired) electrons. The van der Waals surface area contributed by atoms with Gasteiger partial charge in [-0.15, -0.1) is 10.2 Å². The van der Waals surface area contributed by atoms with E-state index in [1.54, 1.807) is 19.1 Å². The van der Waals surface area contributed by atoms with Crippen LogP contribution in [-0.2, 0) is 19.6 Å². The van der Waals surface area contributed by atoms with Crippen LogP contribution >= 0.6 is 23.1 Å². The molecule has 1 saturated heterocycles. The molecule has 2 N–H and O–H groups in total. The fourth-order valence-corrected chi connectivity index (χ4v) is 5.58. The molecule has 9 nitrogen and oxygen atoms in total. The first-order valence-corrected chi connectivity index (χ1v) is 12.6. The first-order valence-electron chi connectivity index (χ1n) is 9.45. The topological polar surface area (TPSA) is 114 Å². The third kappa shape index (κ3) is 5.91. The van der Waals surface area contributed by atoms with E-state index in [0.29, 0.717) is 21.7 Å². The lowest BCUT2D eigenvalue weighted by Crippen LogP contribution is -2.24. The molecule has 0 aliphatic carbocycles. The van der Waals surface area contributed by atoms with E-state index in [4.69, 9.17) is 4.74 Å². The summed E-state index contributed by atoms with van der Waals surface area (Å²) >= 11 is 2.69. The first kappa shape index (κ1) is 22.9. The number of thioether (sulfide) groups is 1. The number of hydrogen-bond donors (Lipinski definition) is 2. The molecule has 0 spiro atoms. The average Bonchev–Trinajstić information content (AvgIpc) is 3.38. The molecule has 0 unspecified atom stereocenters. The van der Waals surface area contributed by atoms with Crippen molar-refractivity contribution in [3.8, 4) is 0 Å². The number of carbonyl (C=O) groups is 1. The van der Waals surface area contributed by atoms with Crippen molar-refractivity contribution in [1.82, 2.24) is 14.5 Å². The maximum absolute atomic E-state index is 12.6. The lowest BCUT2D eigenvalue weighted by molar-refractivity contribution is -0.115. The molecule has 1 aliphatic rings. The Morgan fingerprint density at radius 3 is 2.90 bits per heavy atom. The number of rotatable bonds is 9. The standard InChI is InChI=1S/C18H25N5O4S3/c1-12(28-18-22-21-17(29-18)19-11-14-7-5-9-27-14)16(24)20-13-6-4-8-15(10-13)30(25,26)23(2)3/h4,6,8,10,12,14H,5,7,9,11H2,1-3H3,(H,19,21)(H,20,24)/t12-,14-/m0/s1. The van der Waals surface area contributed by atoms with Crippen LogP contribution in [0.15, 0.2) is 33.5 Å². The van der Waals surface area contributed by atoms with Gasteiger partial charge in [-0.3, -0.25) is 4.79 Å². The molecule has 2 atom stereocenters. The summed E-state index contributed by atoms with van der Waals surface area (Å²) in [5.41, 5.74) is 0.423. The van der Waals surface area contributed by atoms with Crippen molar-refractivity contribution in [3.05, 3.63) is 24.3 Å². The highest BCUT2D eigenvalue weighted by Crippen LogP contribution is 2.30. The fraction of sp³-hybridized carbons (Fsp3) is 0.500. The molecule has 2 aromatic rings. The number of anilines is 2. The minimum absolute atomic E-state index is 0.122. The predicted molar refractivity (Wildman–Crippen MR) is 119 cm³/mol. The molecule has 1 aliphatic heterocycles. The van der Waals surface area contributed by atoms with Crippen molar-refractivity contribution in [2.45, 2.75) is 40.4 Å². The number of ether oxygens (including phenoxy) is 1. The molecule has 164 valence electrons. The Balaban J connectivity index is 1.55. The van der Waals surface area contributed by atoms with Crippen molar-refractivity contribution >= 4 is 49.8 Å². The molecular weight excluding hydrogens is 446 g/mol. The van der Waals surface area contributed by atoms with Crippen molar-refractivity contribution in [2.75, 3.05) is 37.9 Å². The van der Waals surface area contributed by atoms with Gasteiger partial charge in [0.2, 0.25) is 21.1 Å². The summed E-state index contributed by atoms with van der Waals surface area (Å²) in [4.78, 5) is 12.7. The molecule has 12 heteroatoms. The molecule has 1 aromatic heterocycles. The maximum atomic E-state index is 12.6. The minimum atomic E-state index is -3.57. The molecule has 1 fully saturated rings. The van der Waals surface area contributed by atoms with E-state index in [9.17, 15) is 13.2 Å². The number of hydrogen-bond acceptors (Lipinski definition) is 9. The number of benzene rings is 1. The lowest BCUT2D eigenvalue weighted by atomic mass is 10.2. The Hall–Kier alpha value is -1.73. The largest absolute Gasteiger partial charge is 0.376 e. The van der Waals surface area contributed by atoms with E-state index in [1.165, 1.54) is 49.3 Å². The normalized spacial score (nSPS) is 17.8. The van der Waals surface area contributed by atoms with Crippen LogP contribution in [-0.4, -0.2) is 67.4 Å². The van der Waals surface area contributed by atoms with Crippen LogP contribution in [0.3, 0.4) is 0 Å². The Labute approximate surface area is 184 Å². The quantitative estimate of drug-likeness (QED) is 0.536. The van der Waals surface area contributed by atoms with Gasteiger partial charge < -0.3 is 15.4 Å². The Morgan fingerprint density at radius 2 is 2.20 bits per heavy atom. The minimum Gasteiger partial charge on any atom is -0.376 e.